The summed E-state index contributed by atoms with van der Waals surface area (Å²) in [7, 11) is 2.23. The fraction of sp³-hybridized carbons (Fsp3) is 0.818. The van der Waals surface area contributed by atoms with E-state index in [0.29, 0.717) is 12.1 Å². The van der Waals surface area contributed by atoms with Crippen molar-refractivity contribution < 1.29 is 4.74 Å². The molecule has 2 heteroatoms. The standard InChI is InChI=1S/C11H19NO/c1-8(2)9-4-10-6-13-7-11(5-9)12(10)3/h9-11H,1,4-7H2,2-3H3. The summed E-state index contributed by atoms with van der Waals surface area (Å²) in [6.07, 6.45) is 2.48. The normalized spacial score (nSPS) is 40.3. The summed E-state index contributed by atoms with van der Waals surface area (Å²) in [5, 5.41) is 0. The molecule has 74 valence electrons. The highest BCUT2D eigenvalue weighted by molar-refractivity contribution is 5.03. The van der Waals surface area contributed by atoms with E-state index in [-0.39, 0.29) is 0 Å². The number of allylic oxidation sites excluding steroid dienone is 1. The largest absolute Gasteiger partial charge is 0.378 e. The maximum Gasteiger partial charge on any atom is 0.0622 e. The van der Waals surface area contributed by atoms with Gasteiger partial charge in [-0.05, 0) is 32.7 Å². The average molecular weight is 181 g/mol. The van der Waals surface area contributed by atoms with Crippen LogP contribution in [0.25, 0.3) is 0 Å². The van der Waals surface area contributed by atoms with E-state index in [2.05, 4.69) is 25.5 Å². The first-order chi connectivity index (χ1) is 6.18. The van der Waals surface area contributed by atoms with Gasteiger partial charge >= 0.3 is 0 Å². The van der Waals surface area contributed by atoms with Crippen molar-refractivity contribution in [2.75, 3.05) is 20.3 Å². The minimum Gasteiger partial charge on any atom is -0.378 e. The molecule has 0 aromatic heterocycles. The Hall–Kier alpha value is -0.340. The Bertz CT molecular complexity index is 200. The lowest BCUT2D eigenvalue weighted by molar-refractivity contribution is -0.0702. The molecular weight excluding hydrogens is 162 g/mol. The van der Waals surface area contributed by atoms with Crippen LogP contribution in [0.2, 0.25) is 0 Å². The van der Waals surface area contributed by atoms with Crippen molar-refractivity contribution in [1.29, 1.82) is 0 Å². The van der Waals surface area contributed by atoms with Gasteiger partial charge in [-0.3, -0.25) is 4.90 Å². The maximum absolute atomic E-state index is 5.56. The molecule has 0 N–H and O–H groups in total. The lowest BCUT2D eigenvalue weighted by Gasteiger charge is -2.46. The molecule has 13 heavy (non-hydrogen) atoms. The van der Waals surface area contributed by atoms with E-state index < -0.39 is 0 Å². The minimum atomic E-state index is 0.634. The number of hydrogen-bond donors (Lipinski definition) is 0. The number of likely N-dealkylation sites (N-methyl/N-ethyl adjacent to an activating group) is 1. The summed E-state index contributed by atoms with van der Waals surface area (Å²) >= 11 is 0. The van der Waals surface area contributed by atoms with E-state index in [9.17, 15) is 0 Å². The van der Waals surface area contributed by atoms with Gasteiger partial charge in [0.25, 0.3) is 0 Å². The number of piperidine rings is 1. The quantitative estimate of drug-likeness (QED) is 0.571. The predicted molar refractivity (Wildman–Crippen MR) is 53.7 cm³/mol. The van der Waals surface area contributed by atoms with Gasteiger partial charge in [-0.25, -0.2) is 0 Å². The molecule has 2 bridgehead atoms. The number of ether oxygens (including phenoxy) is 1. The summed E-state index contributed by atoms with van der Waals surface area (Å²) in [5.74, 6) is 0.732. The second-order valence-corrected chi connectivity index (χ2v) is 4.53. The highest BCUT2D eigenvalue weighted by atomic mass is 16.5. The fourth-order valence-electron chi connectivity index (χ4n) is 2.50. The van der Waals surface area contributed by atoms with E-state index in [1.807, 2.05) is 0 Å². The van der Waals surface area contributed by atoms with Crippen molar-refractivity contribution in [2.45, 2.75) is 31.8 Å². The molecule has 0 saturated carbocycles. The fourth-order valence-corrected chi connectivity index (χ4v) is 2.50. The van der Waals surface area contributed by atoms with Gasteiger partial charge in [0.05, 0.1) is 13.2 Å². The zero-order valence-corrected chi connectivity index (χ0v) is 8.62. The van der Waals surface area contributed by atoms with Crippen LogP contribution in [0.3, 0.4) is 0 Å². The summed E-state index contributed by atoms with van der Waals surface area (Å²) in [4.78, 5) is 2.49. The molecule has 2 nitrogen and oxygen atoms in total. The van der Waals surface area contributed by atoms with E-state index >= 15 is 0 Å². The van der Waals surface area contributed by atoms with Crippen LogP contribution in [0.4, 0.5) is 0 Å². The summed E-state index contributed by atoms with van der Waals surface area (Å²) in [6, 6.07) is 1.27. The maximum atomic E-state index is 5.56. The second-order valence-electron chi connectivity index (χ2n) is 4.53. The van der Waals surface area contributed by atoms with E-state index in [1.54, 1.807) is 0 Å². The van der Waals surface area contributed by atoms with Crippen LogP contribution >= 0.6 is 0 Å². The number of morpholine rings is 1. The molecule has 2 aliphatic rings. The number of fused-ring (bicyclic) bond motifs is 2. The highest BCUT2D eigenvalue weighted by Crippen LogP contribution is 2.33. The van der Waals surface area contributed by atoms with Gasteiger partial charge in [-0.2, -0.15) is 0 Å². The lowest BCUT2D eigenvalue weighted by atomic mass is 9.82. The SMILES string of the molecule is C=C(C)C1CC2COCC(C1)N2C. The van der Waals surface area contributed by atoms with E-state index in [4.69, 9.17) is 4.74 Å². The van der Waals surface area contributed by atoms with Crippen molar-refractivity contribution in [1.82, 2.24) is 4.90 Å². The first-order valence-corrected chi connectivity index (χ1v) is 5.13. The molecule has 0 aliphatic carbocycles. The van der Waals surface area contributed by atoms with Gasteiger partial charge in [-0.1, -0.05) is 12.2 Å². The summed E-state index contributed by atoms with van der Waals surface area (Å²) in [5.41, 5.74) is 1.35. The third-order valence-electron chi connectivity index (χ3n) is 3.58. The Morgan fingerprint density at radius 3 is 2.31 bits per heavy atom. The molecule has 2 rings (SSSR count). The molecule has 0 spiro atoms. The molecular formula is C11H19NO. The lowest BCUT2D eigenvalue weighted by Crippen LogP contribution is -2.54. The van der Waals surface area contributed by atoms with Crippen LogP contribution in [0, 0.1) is 5.92 Å². The molecule has 2 heterocycles. The third kappa shape index (κ3) is 1.65. The molecule has 0 aromatic rings. The summed E-state index contributed by atoms with van der Waals surface area (Å²) < 4.78 is 5.56. The zero-order chi connectivity index (χ0) is 9.42. The Kier molecular flexibility index (Phi) is 2.43. The molecule has 0 amide bonds. The van der Waals surface area contributed by atoms with Gasteiger partial charge in [0.15, 0.2) is 0 Å². The van der Waals surface area contributed by atoms with Crippen LogP contribution in [-0.4, -0.2) is 37.2 Å². The van der Waals surface area contributed by atoms with Crippen molar-refractivity contribution >= 4 is 0 Å². The van der Waals surface area contributed by atoms with Gasteiger partial charge in [0.1, 0.15) is 0 Å². The molecule has 2 fully saturated rings. The van der Waals surface area contributed by atoms with Gasteiger partial charge in [0, 0.05) is 12.1 Å². The summed E-state index contributed by atoms with van der Waals surface area (Å²) in [6.45, 7) is 8.06. The topological polar surface area (TPSA) is 12.5 Å². The van der Waals surface area contributed by atoms with Crippen LogP contribution in [0.1, 0.15) is 19.8 Å². The first kappa shape index (κ1) is 9.22. The van der Waals surface area contributed by atoms with Gasteiger partial charge in [-0.15, -0.1) is 0 Å². The number of hydrogen-bond acceptors (Lipinski definition) is 2. The van der Waals surface area contributed by atoms with Crippen LogP contribution in [0.15, 0.2) is 12.2 Å². The predicted octanol–water partition coefficient (Wildman–Crippen LogP) is 1.67. The van der Waals surface area contributed by atoms with Crippen molar-refractivity contribution in [3.05, 3.63) is 12.2 Å². The van der Waals surface area contributed by atoms with Crippen molar-refractivity contribution in [2.24, 2.45) is 5.92 Å². The van der Waals surface area contributed by atoms with Crippen molar-refractivity contribution in [3.8, 4) is 0 Å². The second kappa shape index (κ2) is 3.43. The average Bonchev–Trinajstić information content (AvgIpc) is 2.02. The van der Waals surface area contributed by atoms with Crippen LogP contribution < -0.4 is 0 Å². The zero-order valence-electron chi connectivity index (χ0n) is 8.62. The third-order valence-corrected chi connectivity index (χ3v) is 3.58. The molecule has 0 radical (unpaired) electrons. The molecule has 2 atom stereocenters. The number of rotatable bonds is 1. The Labute approximate surface area is 80.6 Å². The van der Waals surface area contributed by atoms with Crippen LogP contribution in [-0.2, 0) is 4.74 Å². The molecule has 2 unspecified atom stereocenters. The molecule has 0 aromatic carbocycles. The van der Waals surface area contributed by atoms with Gasteiger partial charge < -0.3 is 4.74 Å². The highest BCUT2D eigenvalue weighted by Gasteiger charge is 2.36. The number of nitrogens with zero attached hydrogens (tertiary/aromatic N) is 1. The monoisotopic (exact) mass is 181 g/mol. The van der Waals surface area contributed by atoms with Gasteiger partial charge in [0.2, 0.25) is 0 Å². The minimum absolute atomic E-state index is 0.634. The Balaban J connectivity index is 2.07. The van der Waals surface area contributed by atoms with Crippen LogP contribution in [0.5, 0.6) is 0 Å². The van der Waals surface area contributed by atoms with Crippen molar-refractivity contribution in [3.63, 3.8) is 0 Å². The van der Waals surface area contributed by atoms with E-state index in [0.717, 1.165) is 19.1 Å². The Morgan fingerprint density at radius 1 is 1.31 bits per heavy atom. The smallest absolute Gasteiger partial charge is 0.0622 e. The Morgan fingerprint density at radius 2 is 1.85 bits per heavy atom. The van der Waals surface area contributed by atoms with E-state index in [1.165, 1.54) is 18.4 Å². The molecule has 2 saturated heterocycles. The molecule has 2 aliphatic heterocycles. The first-order valence-electron chi connectivity index (χ1n) is 5.13.